The molecule has 2 aromatic heterocycles. The fourth-order valence-electron chi connectivity index (χ4n) is 2.74. The molecule has 0 bridgehead atoms. The van der Waals surface area contributed by atoms with Gasteiger partial charge in [0.2, 0.25) is 0 Å². The molecule has 0 aliphatic heterocycles. The number of ether oxygens (including phenoxy) is 2. The summed E-state index contributed by atoms with van der Waals surface area (Å²) in [4.78, 5) is 15.6. The van der Waals surface area contributed by atoms with E-state index in [0.29, 0.717) is 18.2 Å². The van der Waals surface area contributed by atoms with Gasteiger partial charge in [-0.25, -0.2) is 9.50 Å². The highest BCUT2D eigenvalue weighted by Crippen LogP contribution is 2.30. The zero-order chi connectivity index (χ0) is 17.8. The largest absolute Gasteiger partial charge is 0.425 e. The summed E-state index contributed by atoms with van der Waals surface area (Å²) in [5, 5.41) is 7.61. The van der Waals surface area contributed by atoms with Gasteiger partial charge < -0.3 is 14.8 Å². The van der Waals surface area contributed by atoms with Gasteiger partial charge in [-0.05, 0) is 12.5 Å². The molecule has 3 aromatic rings. The number of aryl methyl sites for hydroxylation is 1. The van der Waals surface area contributed by atoms with Gasteiger partial charge in [-0.1, -0.05) is 30.3 Å². The third kappa shape index (κ3) is 3.61. The van der Waals surface area contributed by atoms with Gasteiger partial charge in [0.1, 0.15) is 11.8 Å². The average Bonchev–Trinajstić information content (AvgIpc) is 2.91. The van der Waals surface area contributed by atoms with E-state index in [1.54, 1.807) is 17.8 Å². The van der Waals surface area contributed by atoms with Gasteiger partial charge in [0.25, 0.3) is 0 Å². The van der Waals surface area contributed by atoms with E-state index in [9.17, 15) is 4.79 Å². The van der Waals surface area contributed by atoms with Crippen molar-refractivity contribution >= 4 is 17.3 Å². The summed E-state index contributed by atoms with van der Waals surface area (Å²) < 4.78 is 12.2. The van der Waals surface area contributed by atoms with Crippen LogP contribution in [0, 0.1) is 6.92 Å². The summed E-state index contributed by atoms with van der Waals surface area (Å²) in [5.74, 6) is 0.749. The molecule has 0 unspecified atom stereocenters. The normalized spacial score (nSPS) is 12.1. The van der Waals surface area contributed by atoms with Crippen molar-refractivity contribution in [3.05, 3.63) is 54.0 Å². The first-order valence-electron chi connectivity index (χ1n) is 7.92. The van der Waals surface area contributed by atoms with Crippen molar-refractivity contribution in [1.29, 1.82) is 0 Å². The molecule has 0 spiro atoms. The maximum absolute atomic E-state index is 11.3. The van der Waals surface area contributed by atoms with Gasteiger partial charge in [-0.15, -0.1) is 0 Å². The highest BCUT2D eigenvalue weighted by atomic mass is 16.5. The minimum Gasteiger partial charge on any atom is -0.425 e. The van der Waals surface area contributed by atoms with Gasteiger partial charge in [0.15, 0.2) is 11.6 Å². The van der Waals surface area contributed by atoms with Gasteiger partial charge in [0, 0.05) is 19.6 Å². The van der Waals surface area contributed by atoms with Crippen LogP contribution in [0.1, 0.15) is 24.1 Å². The molecule has 0 amide bonds. The molecule has 7 heteroatoms. The van der Waals surface area contributed by atoms with Crippen LogP contribution in [0.2, 0.25) is 0 Å². The molecule has 0 fully saturated rings. The number of hydrogen-bond acceptors (Lipinski definition) is 6. The number of carbonyl (C=O) groups excluding carboxylic acids is 1. The first kappa shape index (κ1) is 16.9. The molecular weight excluding hydrogens is 320 g/mol. The smallest absolute Gasteiger partial charge is 0.308 e. The van der Waals surface area contributed by atoms with E-state index in [0.717, 1.165) is 16.6 Å². The van der Waals surface area contributed by atoms with Crippen LogP contribution in [-0.4, -0.2) is 34.3 Å². The molecule has 7 nitrogen and oxygen atoms in total. The lowest BCUT2D eigenvalue weighted by Gasteiger charge is -2.19. The average molecular weight is 340 g/mol. The molecule has 0 aliphatic rings. The topological polar surface area (TPSA) is 77.8 Å². The molecule has 25 heavy (non-hydrogen) atoms. The molecule has 3 rings (SSSR count). The minimum atomic E-state index is -0.372. The predicted octanol–water partition coefficient (Wildman–Crippen LogP) is 2.76. The van der Waals surface area contributed by atoms with Crippen LogP contribution in [-0.2, 0) is 9.53 Å². The second-order valence-electron chi connectivity index (χ2n) is 5.68. The summed E-state index contributed by atoms with van der Waals surface area (Å²) in [5.41, 5.74) is 2.64. The van der Waals surface area contributed by atoms with Crippen LogP contribution in [0.15, 0.2) is 42.9 Å². The number of nitrogens with one attached hydrogen (secondary N) is 1. The zero-order valence-electron chi connectivity index (χ0n) is 14.4. The summed E-state index contributed by atoms with van der Waals surface area (Å²) >= 11 is 0. The van der Waals surface area contributed by atoms with E-state index < -0.39 is 0 Å². The maximum atomic E-state index is 11.3. The molecule has 0 saturated heterocycles. The minimum absolute atomic E-state index is 0.0728. The van der Waals surface area contributed by atoms with Crippen molar-refractivity contribution in [3.63, 3.8) is 0 Å². The van der Waals surface area contributed by atoms with Crippen molar-refractivity contribution in [2.75, 3.05) is 19.0 Å². The van der Waals surface area contributed by atoms with Gasteiger partial charge >= 0.3 is 5.97 Å². The molecule has 0 radical (unpaired) electrons. The first-order valence-corrected chi connectivity index (χ1v) is 7.92. The third-order valence-electron chi connectivity index (χ3n) is 3.88. The number of aromatic nitrogens is 3. The molecule has 1 aromatic carbocycles. The molecule has 130 valence electrons. The Hall–Kier alpha value is -2.93. The van der Waals surface area contributed by atoms with Gasteiger partial charge in [-0.3, -0.25) is 4.79 Å². The van der Waals surface area contributed by atoms with E-state index in [-0.39, 0.29) is 12.0 Å². The number of nitrogens with zero attached hydrogens (tertiary/aromatic N) is 3. The number of benzene rings is 1. The maximum Gasteiger partial charge on any atom is 0.308 e. The predicted molar refractivity (Wildman–Crippen MR) is 93.7 cm³/mol. The lowest BCUT2D eigenvalue weighted by molar-refractivity contribution is -0.131. The number of rotatable bonds is 6. The number of hydrogen-bond donors (Lipinski definition) is 1. The summed E-state index contributed by atoms with van der Waals surface area (Å²) in [7, 11) is 1.66. The number of fused-ring (bicyclic) bond motifs is 1. The zero-order valence-corrected chi connectivity index (χ0v) is 14.4. The van der Waals surface area contributed by atoms with Crippen LogP contribution in [0.3, 0.4) is 0 Å². The molecular formula is C18H20N4O3. The SMILES string of the molecule is COC[C@@H](Nc1ncnn2cc(OC(C)=O)c(C)c12)c1ccccc1. The second-order valence-corrected chi connectivity index (χ2v) is 5.68. The van der Waals surface area contributed by atoms with Crippen LogP contribution in [0.25, 0.3) is 5.52 Å². The van der Waals surface area contributed by atoms with E-state index >= 15 is 0 Å². The number of anilines is 1. The second kappa shape index (κ2) is 7.31. The Morgan fingerprint density at radius 1 is 1.32 bits per heavy atom. The van der Waals surface area contributed by atoms with E-state index in [1.165, 1.54) is 13.3 Å². The fourth-order valence-corrected chi connectivity index (χ4v) is 2.74. The highest BCUT2D eigenvalue weighted by molar-refractivity contribution is 5.78. The first-order chi connectivity index (χ1) is 12.1. The Balaban J connectivity index is 1.99. The Bertz CT molecular complexity index is 877. The Kier molecular flexibility index (Phi) is 4.95. The standard InChI is InChI=1S/C18H20N4O3/c1-12-16(25-13(2)23)9-22-17(12)18(19-11-20-22)21-15(10-24-3)14-7-5-4-6-8-14/h4-9,11,15H,10H2,1-3H3,(H,19,20,21)/t15-/m1/s1. The van der Waals surface area contributed by atoms with Crippen molar-refractivity contribution in [3.8, 4) is 5.75 Å². The summed E-state index contributed by atoms with van der Waals surface area (Å²) in [6, 6.07) is 9.93. The van der Waals surface area contributed by atoms with Crippen LogP contribution >= 0.6 is 0 Å². The third-order valence-corrected chi connectivity index (χ3v) is 3.88. The molecule has 1 N–H and O–H groups in total. The van der Waals surface area contributed by atoms with Crippen molar-refractivity contribution in [2.24, 2.45) is 0 Å². The lowest BCUT2D eigenvalue weighted by Crippen LogP contribution is -2.17. The van der Waals surface area contributed by atoms with Crippen molar-refractivity contribution in [1.82, 2.24) is 14.6 Å². The molecule has 0 aliphatic carbocycles. The molecule has 2 heterocycles. The Morgan fingerprint density at radius 3 is 2.76 bits per heavy atom. The van der Waals surface area contributed by atoms with Gasteiger partial charge in [0.05, 0.1) is 18.8 Å². The van der Waals surface area contributed by atoms with E-state index in [1.807, 2.05) is 37.3 Å². The summed E-state index contributed by atoms with van der Waals surface area (Å²) in [6.07, 6.45) is 3.13. The van der Waals surface area contributed by atoms with E-state index in [2.05, 4.69) is 15.4 Å². The summed E-state index contributed by atoms with van der Waals surface area (Å²) in [6.45, 7) is 3.73. The quantitative estimate of drug-likeness (QED) is 0.695. The Labute approximate surface area is 145 Å². The van der Waals surface area contributed by atoms with Gasteiger partial charge in [-0.2, -0.15) is 5.10 Å². The number of esters is 1. The Morgan fingerprint density at radius 2 is 2.08 bits per heavy atom. The monoisotopic (exact) mass is 340 g/mol. The fraction of sp³-hybridized carbons (Fsp3) is 0.278. The van der Waals surface area contributed by atoms with Crippen LogP contribution in [0.4, 0.5) is 5.82 Å². The molecule has 1 atom stereocenters. The molecule has 0 saturated carbocycles. The van der Waals surface area contributed by atoms with Crippen molar-refractivity contribution < 1.29 is 14.3 Å². The highest BCUT2D eigenvalue weighted by Gasteiger charge is 2.18. The van der Waals surface area contributed by atoms with Crippen molar-refractivity contribution in [2.45, 2.75) is 19.9 Å². The lowest BCUT2D eigenvalue weighted by atomic mass is 10.1. The number of methoxy groups -OCH3 is 1. The van der Waals surface area contributed by atoms with Crippen LogP contribution < -0.4 is 10.1 Å². The number of carbonyl (C=O) groups is 1. The van der Waals surface area contributed by atoms with Crippen LogP contribution in [0.5, 0.6) is 5.75 Å². The van der Waals surface area contributed by atoms with E-state index in [4.69, 9.17) is 9.47 Å².